The van der Waals surface area contributed by atoms with Gasteiger partial charge in [-0.1, -0.05) is 12.1 Å². The number of nitrogens with two attached hydrogens (primary N) is 1. The van der Waals surface area contributed by atoms with Gasteiger partial charge >= 0.3 is 5.97 Å². The average molecular weight is 288 g/mol. The quantitative estimate of drug-likeness (QED) is 0.659. The Bertz CT molecular complexity index is 664. The second kappa shape index (κ2) is 6.56. The first-order valence-corrected chi connectivity index (χ1v) is 6.24. The van der Waals surface area contributed by atoms with Crippen molar-refractivity contribution in [2.75, 3.05) is 19.5 Å². The van der Waals surface area contributed by atoms with Crippen LogP contribution < -0.4 is 10.5 Å². The van der Waals surface area contributed by atoms with Crippen LogP contribution in [0.2, 0.25) is 0 Å². The van der Waals surface area contributed by atoms with E-state index in [9.17, 15) is 4.79 Å². The van der Waals surface area contributed by atoms with E-state index in [4.69, 9.17) is 10.5 Å². The molecule has 0 spiro atoms. The van der Waals surface area contributed by atoms with Gasteiger partial charge in [0, 0.05) is 0 Å². The van der Waals surface area contributed by atoms with Gasteiger partial charge in [0.15, 0.2) is 6.61 Å². The lowest BCUT2D eigenvalue weighted by atomic mass is 10.2. The maximum Gasteiger partial charge on any atom is 0.343 e. The lowest BCUT2D eigenvalue weighted by Gasteiger charge is -2.05. The summed E-state index contributed by atoms with van der Waals surface area (Å²) in [7, 11) is 1.31. The molecule has 1 heterocycles. The molecule has 21 heavy (non-hydrogen) atoms. The molecule has 0 atom stereocenters. The third kappa shape index (κ3) is 4.07. The standard InChI is InChI=1S/C14H16N4O3/c1-10-8-18(14(15)17-10)16-7-11-4-3-5-12(6-11)21-9-13(19)20-2/h3-8H,9H2,1-2H3,(H2,15,17). The number of carbonyl (C=O) groups excluding carboxylic acids is 1. The van der Waals surface area contributed by atoms with E-state index in [1.54, 1.807) is 30.6 Å². The van der Waals surface area contributed by atoms with Gasteiger partial charge in [0.2, 0.25) is 5.95 Å². The molecule has 0 aliphatic rings. The first-order valence-electron chi connectivity index (χ1n) is 6.24. The smallest absolute Gasteiger partial charge is 0.343 e. The number of anilines is 1. The summed E-state index contributed by atoms with van der Waals surface area (Å²) >= 11 is 0. The van der Waals surface area contributed by atoms with Crippen LogP contribution in [-0.4, -0.2) is 35.6 Å². The molecule has 1 aromatic carbocycles. The minimum absolute atomic E-state index is 0.134. The summed E-state index contributed by atoms with van der Waals surface area (Å²) in [4.78, 5) is 15.1. The van der Waals surface area contributed by atoms with E-state index >= 15 is 0 Å². The van der Waals surface area contributed by atoms with Crippen molar-refractivity contribution in [1.29, 1.82) is 0 Å². The minimum Gasteiger partial charge on any atom is -0.482 e. The van der Waals surface area contributed by atoms with Crippen molar-refractivity contribution in [1.82, 2.24) is 9.66 Å². The maximum atomic E-state index is 11.0. The van der Waals surface area contributed by atoms with E-state index in [-0.39, 0.29) is 6.61 Å². The Balaban J connectivity index is 2.07. The molecule has 2 aromatic rings. The van der Waals surface area contributed by atoms with E-state index in [2.05, 4.69) is 14.8 Å². The van der Waals surface area contributed by atoms with Crippen LogP contribution in [-0.2, 0) is 9.53 Å². The summed E-state index contributed by atoms with van der Waals surface area (Å²) < 4.78 is 11.3. The normalized spacial score (nSPS) is 10.8. The van der Waals surface area contributed by atoms with Crippen molar-refractivity contribution < 1.29 is 14.3 Å². The van der Waals surface area contributed by atoms with Crippen molar-refractivity contribution in [3.8, 4) is 5.75 Å². The molecule has 1 aromatic heterocycles. The van der Waals surface area contributed by atoms with Crippen LogP contribution in [0.15, 0.2) is 35.6 Å². The summed E-state index contributed by atoms with van der Waals surface area (Å²) in [5.41, 5.74) is 7.29. The lowest BCUT2D eigenvalue weighted by molar-refractivity contribution is -0.142. The molecule has 0 bridgehead atoms. The van der Waals surface area contributed by atoms with Crippen molar-refractivity contribution in [3.05, 3.63) is 41.7 Å². The molecule has 0 unspecified atom stereocenters. The molecule has 2 N–H and O–H groups in total. The molecule has 0 fully saturated rings. The average Bonchev–Trinajstić information content (AvgIpc) is 2.81. The fourth-order valence-corrected chi connectivity index (χ4v) is 1.61. The number of ether oxygens (including phenoxy) is 2. The van der Waals surface area contributed by atoms with Crippen LogP contribution in [0.25, 0.3) is 0 Å². The second-order valence-electron chi connectivity index (χ2n) is 4.27. The van der Waals surface area contributed by atoms with E-state index in [1.807, 2.05) is 13.0 Å². The summed E-state index contributed by atoms with van der Waals surface area (Å²) in [5, 5.41) is 4.21. The van der Waals surface area contributed by atoms with Gasteiger partial charge in [-0.25, -0.2) is 14.5 Å². The molecule has 7 heteroatoms. The van der Waals surface area contributed by atoms with E-state index < -0.39 is 5.97 Å². The predicted molar refractivity (Wildman–Crippen MR) is 78.3 cm³/mol. The molecule has 2 rings (SSSR count). The minimum atomic E-state index is -0.435. The zero-order valence-corrected chi connectivity index (χ0v) is 11.8. The Hall–Kier alpha value is -2.83. The fraction of sp³-hybridized carbons (Fsp3) is 0.214. The van der Waals surface area contributed by atoms with E-state index in [0.29, 0.717) is 11.7 Å². The molecular weight excluding hydrogens is 272 g/mol. The highest BCUT2D eigenvalue weighted by Gasteiger charge is 2.02. The number of carbonyl (C=O) groups is 1. The van der Waals surface area contributed by atoms with E-state index in [1.165, 1.54) is 11.8 Å². The SMILES string of the molecule is COC(=O)COc1cccc(C=Nn2cc(C)nc2N)c1. The lowest BCUT2D eigenvalue weighted by Crippen LogP contribution is -2.12. The molecule has 7 nitrogen and oxygen atoms in total. The number of aryl methyl sites for hydroxylation is 1. The van der Waals surface area contributed by atoms with Crippen LogP contribution in [0.5, 0.6) is 5.75 Å². The number of imidazole rings is 1. The molecule has 0 amide bonds. The molecule has 110 valence electrons. The summed E-state index contributed by atoms with van der Waals surface area (Å²) in [5.74, 6) is 0.441. The Morgan fingerprint density at radius 2 is 2.33 bits per heavy atom. The van der Waals surface area contributed by atoms with Crippen molar-refractivity contribution >= 4 is 18.1 Å². The van der Waals surface area contributed by atoms with Gasteiger partial charge in [0.1, 0.15) is 5.75 Å². The van der Waals surface area contributed by atoms with Crippen molar-refractivity contribution in [3.63, 3.8) is 0 Å². The number of nitrogen functional groups attached to an aromatic ring is 1. The first kappa shape index (κ1) is 14.6. The van der Waals surface area contributed by atoms with Crippen LogP contribution in [0.1, 0.15) is 11.3 Å². The molecular formula is C14H16N4O3. The molecule has 0 saturated carbocycles. The zero-order chi connectivity index (χ0) is 15.2. The first-order chi connectivity index (χ1) is 10.1. The van der Waals surface area contributed by atoms with Gasteiger partial charge in [-0.15, -0.1) is 0 Å². The number of nitrogens with zero attached hydrogens (tertiary/aromatic N) is 3. The van der Waals surface area contributed by atoms with Crippen LogP contribution in [0, 0.1) is 6.92 Å². The largest absolute Gasteiger partial charge is 0.482 e. The third-order valence-electron chi connectivity index (χ3n) is 2.61. The molecule has 0 aliphatic carbocycles. The van der Waals surface area contributed by atoms with Crippen LogP contribution in [0.4, 0.5) is 5.95 Å². The number of aromatic nitrogens is 2. The summed E-state index contributed by atoms with van der Waals surface area (Å²) in [6.07, 6.45) is 3.35. The van der Waals surface area contributed by atoms with Gasteiger partial charge in [-0.05, 0) is 24.6 Å². The van der Waals surface area contributed by atoms with Gasteiger partial charge < -0.3 is 15.2 Å². The summed E-state index contributed by atoms with van der Waals surface area (Å²) in [6.45, 7) is 1.70. The predicted octanol–water partition coefficient (Wildman–Crippen LogP) is 1.21. The Morgan fingerprint density at radius 1 is 1.52 bits per heavy atom. The monoisotopic (exact) mass is 288 g/mol. The zero-order valence-electron chi connectivity index (χ0n) is 11.8. The number of esters is 1. The number of hydrogen-bond acceptors (Lipinski definition) is 6. The Kier molecular flexibility index (Phi) is 4.55. The van der Waals surface area contributed by atoms with Crippen molar-refractivity contribution in [2.45, 2.75) is 6.92 Å². The fourth-order valence-electron chi connectivity index (χ4n) is 1.61. The number of methoxy groups -OCH3 is 1. The Labute approximate surface area is 122 Å². The highest BCUT2D eigenvalue weighted by molar-refractivity contribution is 5.80. The number of benzene rings is 1. The van der Waals surface area contributed by atoms with E-state index in [0.717, 1.165) is 11.3 Å². The molecule has 0 saturated heterocycles. The number of rotatable bonds is 5. The van der Waals surface area contributed by atoms with Gasteiger partial charge in [0.25, 0.3) is 0 Å². The summed E-state index contributed by atoms with van der Waals surface area (Å²) in [6, 6.07) is 7.16. The Morgan fingerprint density at radius 3 is 3.00 bits per heavy atom. The highest BCUT2D eigenvalue weighted by Crippen LogP contribution is 2.12. The van der Waals surface area contributed by atoms with Gasteiger partial charge in [-0.2, -0.15) is 5.10 Å². The number of hydrogen-bond donors (Lipinski definition) is 1. The molecule has 0 aliphatic heterocycles. The van der Waals surface area contributed by atoms with Crippen molar-refractivity contribution in [2.24, 2.45) is 5.10 Å². The van der Waals surface area contributed by atoms with Gasteiger partial charge in [-0.3, -0.25) is 0 Å². The highest BCUT2D eigenvalue weighted by atomic mass is 16.6. The van der Waals surface area contributed by atoms with Crippen LogP contribution in [0.3, 0.4) is 0 Å². The third-order valence-corrected chi connectivity index (χ3v) is 2.61. The van der Waals surface area contributed by atoms with Gasteiger partial charge in [0.05, 0.1) is 25.2 Å². The molecule has 0 radical (unpaired) electrons. The van der Waals surface area contributed by atoms with Crippen LogP contribution >= 0.6 is 0 Å². The topological polar surface area (TPSA) is 91.7 Å². The maximum absolute atomic E-state index is 11.0. The second-order valence-corrected chi connectivity index (χ2v) is 4.27.